The lowest BCUT2D eigenvalue weighted by atomic mass is 9.94. The number of hydrogen-bond acceptors (Lipinski definition) is 4. The first-order valence-corrected chi connectivity index (χ1v) is 12.9. The van der Waals surface area contributed by atoms with Gasteiger partial charge in [-0.1, -0.05) is 54.1 Å². The minimum Gasteiger partial charge on any atom is -0.493 e. The number of benzene rings is 2. The fraction of sp³-hybridized carbons (Fsp3) is 0.227. The maximum atomic E-state index is 6.26. The lowest BCUT2D eigenvalue weighted by molar-refractivity contribution is 0.298. The quantitative estimate of drug-likeness (QED) is 0.269. The van der Waals surface area contributed by atoms with Crippen molar-refractivity contribution in [2.24, 2.45) is 0 Å². The summed E-state index contributed by atoms with van der Waals surface area (Å²) in [5, 5.41) is 0.766. The maximum Gasteiger partial charge on any atom is 0.127 e. The van der Waals surface area contributed by atoms with Crippen molar-refractivity contribution in [2.45, 2.75) is 25.9 Å². The van der Waals surface area contributed by atoms with Crippen LogP contribution in [0.15, 0.2) is 60.7 Å². The molecule has 0 fully saturated rings. The molecular formula is C22H20ClIN2OS. The van der Waals surface area contributed by atoms with Crippen molar-refractivity contribution < 1.29 is 4.74 Å². The van der Waals surface area contributed by atoms with Gasteiger partial charge in [0.25, 0.3) is 0 Å². The Bertz CT molecular complexity index is 970. The molecule has 2 aromatic carbocycles. The zero-order valence-corrected chi connectivity index (χ0v) is 19.2. The van der Waals surface area contributed by atoms with E-state index < -0.39 is 0 Å². The van der Waals surface area contributed by atoms with E-state index in [1.165, 1.54) is 11.1 Å². The molecule has 6 heteroatoms. The van der Waals surface area contributed by atoms with Gasteiger partial charge in [0, 0.05) is 56.4 Å². The summed E-state index contributed by atoms with van der Waals surface area (Å²) in [5.41, 5.74) is 5.58. The molecule has 0 radical (unpaired) electrons. The van der Waals surface area contributed by atoms with E-state index in [2.05, 4.69) is 55.8 Å². The highest BCUT2D eigenvalue weighted by atomic mass is 127. The first kappa shape index (κ1) is 20.0. The number of hydrogen-bond donors (Lipinski definition) is 0. The van der Waals surface area contributed by atoms with E-state index in [1.54, 1.807) is 9.12 Å². The molecule has 1 unspecified atom stereocenters. The first-order valence-electron chi connectivity index (χ1n) is 9.21. The molecule has 4 rings (SSSR count). The topological polar surface area (TPSA) is 25.4 Å². The summed E-state index contributed by atoms with van der Waals surface area (Å²) in [6.45, 7) is 3.45. The van der Waals surface area contributed by atoms with Crippen LogP contribution in [-0.4, -0.2) is 15.9 Å². The molecule has 0 bridgehead atoms. The summed E-state index contributed by atoms with van der Waals surface area (Å²) in [4.78, 5) is 5.04. The molecule has 0 aliphatic carbocycles. The van der Waals surface area contributed by atoms with Crippen LogP contribution in [0.2, 0.25) is 5.02 Å². The highest BCUT2D eigenvalue weighted by molar-refractivity contribution is 14.2. The molecule has 1 aliphatic heterocycles. The normalized spacial score (nSPS) is 16.6. The van der Waals surface area contributed by atoms with Gasteiger partial charge < -0.3 is 4.74 Å². The molecule has 1 aromatic heterocycles. The molecule has 0 N–H and O–H groups in total. The zero-order valence-electron chi connectivity index (χ0n) is 15.4. The SMILES string of the molecule is CCOc1cc(-c2ccccc2)nc2c1CN(SI)C(c1cccc(Cl)c1)C2. The van der Waals surface area contributed by atoms with Crippen molar-refractivity contribution in [3.8, 4) is 17.0 Å². The number of rotatable bonds is 5. The lowest BCUT2D eigenvalue weighted by Crippen LogP contribution is -2.29. The van der Waals surface area contributed by atoms with Gasteiger partial charge in [0.05, 0.1) is 24.0 Å². The van der Waals surface area contributed by atoms with Crippen LogP contribution in [0.5, 0.6) is 5.75 Å². The number of pyridine rings is 1. The van der Waals surface area contributed by atoms with Crippen LogP contribution in [0.25, 0.3) is 11.3 Å². The average molecular weight is 523 g/mol. The number of nitrogens with zero attached hydrogens (tertiary/aromatic N) is 2. The van der Waals surface area contributed by atoms with Crippen LogP contribution in [0.1, 0.15) is 29.8 Å². The largest absolute Gasteiger partial charge is 0.493 e. The minimum absolute atomic E-state index is 0.223. The molecule has 2 heterocycles. The van der Waals surface area contributed by atoms with Crippen LogP contribution >= 0.6 is 41.9 Å². The van der Waals surface area contributed by atoms with Gasteiger partial charge in [0.1, 0.15) is 5.75 Å². The molecular weight excluding hydrogens is 503 g/mol. The second kappa shape index (κ2) is 9.03. The van der Waals surface area contributed by atoms with Crippen molar-refractivity contribution in [1.82, 2.24) is 9.29 Å². The Morgan fingerprint density at radius 2 is 2.00 bits per heavy atom. The Hall–Kier alpha value is -1.28. The fourth-order valence-electron chi connectivity index (χ4n) is 3.60. The predicted molar refractivity (Wildman–Crippen MR) is 126 cm³/mol. The van der Waals surface area contributed by atoms with Gasteiger partial charge in [0.2, 0.25) is 0 Å². The monoisotopic (exact) mass is 522 g/mol. The van der Waals surface area contributed by atoms with E-state index in [-0.39, 0.29) is 6.04 Å². The number of ether oxygens (including phenoxy) is 1. The highest BCUT2D eigenvalue weighted by Crippen LogP contribution is 2.43. The summed E-state index contributed by atoms with van der Waals surface area (Å²) < 4.78 is 8.40. The highest BCUT2D eigenvalue weighted by Gasteiger charge is 2.31. The Kier molecular flexibility index (Phi) is 6.45. The molecule has 3 nitrogen and oxygen atoms in total. The van der Waals surface area contributed by atoms with Crippen molar-refractivity contribution in [3.63, 3.8) is 0 Å². The summed E-state index contributed by atoms with van der Waals surface area (Å²) in [6.07, 6.45) is 0.826. The van der Waals surface area contributed by atoms with Crippen LogP contribution in [0.3, 0.4) is 0 Å². The zero-order chi connectivity index (χ0) is 19.5. The van der Waals surface area contributed by atoms with Gasteiger partial charge >= 0.3 is 0 Å². The summed E-state index contributed by atoms with van der Waals surface area (Å²) in [7, 11) is 1.72. The molecule has 0 spiro atoms. The number of aromatic nitrogens is 1. The predicted octanol–water partition coefficient (Wildman–Crippen LogP) is 6.90. The Balaban J connectivity index is 1.79. The minimum atomic E-state index is 0.223. The third-order valence-corrected chi connectivity index (χ3v) is 7.22. The van der Waals surface area contributed by atoms with E-state index in [1.807, 2.05) is 37.3 Å². The Labute approximate surface area is 187 Å². The van der Waals surface area contributed by atoms with Crippen LogP contribution in [0, 0.1) is 0 Å². The van der Waals surface area contributed by atoms with E-state index in [0.29, 0.717) is 6.61 Å². The summed E-state index contributed by atoms with van der Waals surface area (Å²) in [5.74, 6) is 0.936. The molecule has 3 aromatic rings. The lowest BCUT2D eigenvalue weighted by Gasteiger charge is -2.35. The smallest absolute Gasteiger partial charge is 0.127 e. The standard InChI is InChI=1S/C22H20ClIN2OS/c1-2-27-22-13-19(15-7-4-3-5-8-15)25-20-12-21(26(28-24)14-18(20)22)16-9-6-10-17(23)11-16/h3-11,13,21H,2,12,14H2,1H3. The molecule has 0 saturated carbocycles. The van der Waals surface area contributed by atoms with Gasteiger partial charge in [-0.15, -0.1) is 0 Å². The van der Waals surface area contributed by atoms with Crippen molar-refractivity contribution >= 4 is 41.9 Å². The second-order valence-corrected chi connectivity index (χ2v) is 8.87. The van der Waals surface area contributed by atoms with Gasteiger partial charge in [-0.25, -0.2) is 4.31 Å². The molecule has 144 valence electrons. The van der Waals surface area contributed by atoms with E-state index in [4.69, 9.17) is 21.3 Å². The number of fused-ring (bicyclic) bond motifs is 1. The first-order chi connectivity index (χ1) is 13.7. The molecule has 1 aliphatic rings. The molecule has 0 amide bonds. The third-order valence-electron chi connectivity index (χ3n) is 4.91. The van der Waals surface area contributed by atoms with Crippen molar-refractivity contribution in [1.29, 1.82) is 0 Å². The van der Waals surface area contributed by atoms with Gasteiger partial charge in [-0.2, -0.15) is 0 Å². The molecule has 28 heavy (non-hydrogen) atoms. The van der Waals surface area contributed by atoms with Gasteiger partial charge in [-0.3, -0.25) is 4.98 Å². The second-order valence-electron chi connectivity index (χ2n) is 6.65. The van der Waals surface area contributed by atoms with E-state index in [9.17, 15) is 0 Å². The third kappa shape index (κ3) is 4.17. The van der Waals surface area contributed by atoms with Gasteiger partial charge in [0.15, 0.2) is 0 Å². The van der Waals surface area contributed by atoms with Crippen molar-refractivity contribution in [2.75, 3.05) is 6.61 Å². The summed E-state index contributed by atoms with van der Waals surface area (Å²) >= 11 is 8.62. The Morgan fingerprint density at radius 3 is 2.71 bits per heavy atom. The van der Waals surface area contributed by atoms with Crippen LogP contribution in [0.4, 0.5) is 0 Å². The Morgan fingerprint density at radius 1 is 1.18 bits per heavy atom. The number of halogens is 2. The van der Waals surface area contributed by atoms with Crippen LogP contribution < -0.4 is 4.74 Å². The van der Waals surface area contributed by atoms with Crippen LogP contribution in [-0.2, 0) is 13.0 Å². The van der Waals surface area contributed by atoms with E-state index in [0.717, 1.165) is 40.7 Å². The molecule has 1 atom stereocenters. The maximum absolute atomic E-state index is 6.26. The summed E-state index contributed by atoms with van der Waals surface area (Å²) in [6, 6.07) is 20.7. The van der Waals surface area contributed by atoms with Gasteiger partial charge in [-0.05, 0) is 33.7 Å². The fourth-order valence-corrected chi connectivity index (χ4v) is 5.51. The average Bonchev–Trinajstić information content (AvgIpc) is 2.73. The van der Waals surface area contributed by atoms with Crippen molar-refractivity contribution in [3.05, 3.63) is 82.5 Å². The molecule has 0 saturated heterocycles. The van der Waals surface area contributed by atoms with E-state index >= 15 is 0 Å².